The van der Waals surface area contributed by atoms with Crippen LogP contribution in [-0.4, -0.2) is 17.4 Å². The van der Waals surface area contributed by atoms with Gasteiger partial charge in [-0.3, -0.25) is 9.78 Å². The number of carbonyl (C=O) groups excluding carboxylic acids is 1. The minimum Gasteiger partial charge on any atom is -0.352 e. The Kier molecular flexibility index (Phi) is 6.81. The number of pyridine rings is 1. The molecule has 1 aromatic rings. The average Bonchev–Trinajstić information content (AvgIpc) is 2.92. The largest absolute Gasteiger partial charge is 0.352 e. The van der Waals surface area contributed by atoms with Crippen molar-refractivity contribution in [3.8, 4) is 0 Å². The van der Waals surface area contributed by atoms with E-state index in [1.165, 1.54) is 25.7 Å². The molecule has 0 radical (unpaired) electrons. The molecule has 1 aliphatic carbocycles. The normalized spacial score (nSPS) is 15.0. The van der Waals surface area contributed by atoms with E-state index in [0.717, 1.165) is 24.6 Å². The van der Waals surface area contributed by atoms with Gasteiger partial charge in [0.1, 0.15) is 0 Å². The minimum atomic E-state index is -0.0231. The van der Waals surface area contributed by atoms with Crippen LogP contribution >= 0.6 is 12.4 Å². The Labute approximate surface area is 120 Å². The van der Waals surface area contributed by atoms with Crippen molar-refractivity contribution in [1.29, 1.82) is 0 Å². The third kappa shape index (κ3) is 4.80. The number of carbonyl (C=O) groups is 1. The smallest absolute Gasteiger partial charge is 0.251 e. The van der Waals surface area contributed by atoms with Crippen molar-refractivity contribution in [2.24, 2.45) is 11.7 Å². The Morgan fingerprint density at radius 3 is 2.84 bits per heavy atom. The van der Waals surface area contributed by atoms with E-state index >= 15 is 0 Å². The van der Waals surface area contributed by atoms with Gasteiger partial charge in [0.25, 0.3) is 5.91 Å². The highest BCUT2D eigenvalue weighted by Gasteiger charge is 2.15. The van der Waals surface area contributed by atoms with Gasteiger partial charge in [0.05, 0.1) is 5.69 Å². The van der Waals surface area contributed by atoms with E-state index in [-0.39, 0.29) is 18.3 Å². The van der Waals surface area contributed by atoms with E-state index in [4.69, 9.17) is 5.73 Å². The van der Waals surface area contributed by atoms with E-state index in [1.54, 1.807) is 18.3 Å². The number of rotatable bonds is 5. The lowest BCUT2D eigenvalue weighted by Crippen LogP contribution is -2.25. The second kappa shape index (κ2) is 8.12. The Morgan fingerprint density at radius 1 is 1.42 bits per heavy atom. The maximum atomic E-state index is 11.9. The predicted octanol–water partition coefficient (Wildman–Crippen LogP) is 2.27. The van der Waals surface area contributed by atoms with Crippen molar-refractivity contribution in [2.45, 2.75) is 38.6 Å². The molecular formula is C14H22ClN3O. The highest BCUT2D eigenvalue weighted by Crippen LogP contribution is 2.26. The molecule has 1 heterocycles. The third-order valence-corrected chi connectivity index (χ3v) is 3.60. The lowest BCUT2D eigenvalue weighted by molar-refractivity contribution is 0.0951. The van der Waals surface area contributed by atoms with Gasteiger partial charge in [-0.05, 0) is 24.5 Å². The van der Waals surface area contributed by atoms with Crippen LogP contribution in [0.5, 0.6) is 0 Å². The van der Waals surface area contributed by atoms with Crippen LogP contribution in [0.15, 0.2) is 18.3 Å². The first-order chi connectivity index (χ1) is 8.79. The monoisotopic (exact) mass is 283 g/mol. The number of hydrogen-bond acceptors (Lipinski definition) is 3. The van der Waals surface area contributed by atoms with Gasteiger partial charge >= 0.3 is 0 Å². The van der Waals surface area contributed by atoms with E-state index in [0.29, 0.717) is 12.1 Å². The molecule has 0 atom stereocenters. The molecule has 0 spiro atoms. The highest BCUT2D eigenvalue weighted by molar-refractivity contribution is 5.94. The molecule has 2 rings (SSSR count). The number of nitrogens with one attached hydrogen (secondary N) is 1. The number of nitrogens with zero attached hydrogens (tertiary/aromatic N) is 1. The molecule has 0 aromatic carbocycles. The number of nitrogens with two attached hydrogens (primary N) is 1. The van der Waals surface area contributed by atoms with Crippen LogP contribution in [0, 0.1) is 5.92 Å². The Morgan fingerprint density at radius 2 is 2.16 bits per heavy atom. The van der Waals surface area contributed by atoms with Crippen LogP contribution in [0.25, 0.3) is 0 Å². The van der Waals surface area contributed by atoms with E-state index in [2.05, 4.69) is 10.3 Å². The molecule has 1 aliphatic rings. The zero-order valence-electron chi connectivity index (χ0n) is 11.1. The maximum Gasteiger partial charge on any atom is 0.251 e. The fourth-order valence-corrected chi connectivity index (χ4v) is 2.52. The minimum absolute atomic E-state index is 0. The number of halogens is 1. The fraction of sp³-hybridized carbons (Fsp3) is 0.571. The topological polar surface area (TPSA) is 68.0 Å². The molecule has 3 N–H and O–H groups in total. The van der Waals surface area contributed by atoms with Gasteiger partial charge in [0.2, 0.25) is 0 Å². The van der Waals surface area contributed by atoms with Crippen LogP contribution in [0.3, 0.4) is 0 Å². The lowest BCUT2D eigenvalue weighted by atomic mass is 10.0. The summed E-state index contributed by atoms with van der Waals surface area (Å²) in [7, 11) is 0. The van der Waals surface area contributed by atoms with Crippen LogP contribution < -0.4 is 11.1 Å². The molecular weight excluding hydrogens is 262 g/mol. The first-order valence-corrected chi connectivity index (χ1v) is 6.73. The first-order valence-electron chi connectivity index (χ1n) is 6.73. The molecule has 0 unspecified atom stereocenters. The van der Waals surface area contributed by atoms with Gasteiger partial charge in [-0.15, -0.1) is 12.4 Å². The van der Waals surface area contributed by atoms with Gasteiger partial charge in [-0.2, -0.15) is 0 Å². The standard InChI is InChI=1S/C14H21N3O.ClH/c15-10-13-9-12(6-8-16-13)14(18)17-7-5-11-3-1-2-4-11;/h6,8-9,11H,1-5,7,10,15H2,(H,17,18);1H. The summed E-state index contributed by atoms with van der Waals surface area (Å²) in [6.07, 6.45) is 8.07. The highest BCUT2D eigenvalue weighted by atomic mass is 35.5. The lowest BCUT2D eigenvalue weighted by Gasteiger charge is -2.10. The van der Waals surface area contributed by atoms with Gasteiger partial charge < -0.3 is 11.1 Å². The Balaban J connectivity index is 0.00000180. The molecule has 5 heteroatoms. The summed E-state index contributed by atoms with van der Waals surface area (Å²) in [5, 5.41) is 2.97. The SMILES string of the molecule is Cl.NCc1cc(C(=O)NCCC2CCCC2)ccn1. The molecule has 4 nitrogen and oxygen atoms in total. The third-order valence-electron chi connectivity index (χ3n) is 3.60. The Bertz CT molecular complexity index is 405. The second-order valence-electron chi connectivity index (χ2n) is 4.94. The van der Waals surface area contributed by atoms with Crippen molar-refractivity contribution in [1.82, 2.24) is 10.3 Å². The zero-order chi connectivity index (χ0) is 12.8. The molecule has 1 amide bonds. The summed E-state index contributed by atoms with van der Waals surface area (Å²) in [5.74, 6) is 0.785. The predicted molar refractivity (Wildman–Crippen MR) is 78.3 cm³/mol. The van der Waals surface area contributed by atoms with Gasteiger partial charge in [-0.1, -0.05) is 25.7 Å². The van der Waals surface area contributed by atoms with Crippen molar-refractivity contribution in [2.75, 3.05) is 6.54 Å². The number of aromatic nitrogens is 1. The molecule has 0 bridgehead atoms. The van der Waals surface area contributed by atoms with Crippen molar-refractivity contribution in [3.05, 3.63) is 29.6 Å². The van der Waals surface area contributed by atoms with Crippen LogP contribution in [0.2, 0.25) is 0 Å². The average molecular weight is 284 g/mol. The number of amides is 1. The molecule has 0 aliphatic heterocycles. The van der Waals surface area contributed by atoms with E-state index < -0.39 is 0 Å². The van der Waals surface area contributed by atoms with Gasteiger partial charge in [-0.25, -0.2) is 0 Å². The Hall–Kier alpha value is -1.13. The van der Waals surface area contributed by atoms with Crippen LogP contribution in [0.1, 0.15) is 48.2 Å². The summed E-state index contributed by atoms with van der Waals surface area (Å²) >= 11 is 0. The summed E-state index contributed by atoms with van der Waals surface area (Å²) in [5.41, 5.74) is 6.91. The van der Waals surface area contributed by atoms with Crippen molar-refractivity contribution >= 4 is 18.3 Å². The van der Waals surface area contributed by atoms with Gasteiger partial charge in [0, 0.05) is 24.8 Å². The molecule has 1 aromatic heterocycles. The summed E-state index contributed by atoms with van der Waals surface area (Å²) in [6.45, 7) is 1.13. The van der Waals surface area contributed by atoms with Crippen molar-refractivity contribution < 1.29 is 4.79 Å². The summed E-state index contributed by atoms with van der Waals surface area (Å²) < 4.78 is 0. The zero-order valence-corrected chi connectivity index (χ0v) is 11.9. The molecule has 1 saturated carbocycles. The van der Waals surface area contributed by atoms with E-state index in [1.807, 2.05) is 0 Å². The quantitative estimate of drug-likeness (QED) is 0.871. The van der Waals surface area contributed by atoms with E-state index in [9.17, 15) is 4.79 Å². The first kappa shape index (κ1) is 15.9. The summed E-state index contributed by atoms with van der Waals surface area (Å²) in [6, 6.07) is 3.48. The molecule has 106 valence electrons. The molecule has 0 saturated heterocycles. The summed E-state index contributed by atoms with van der Waals surface area (Å²) in [4.78, 5) is 16.0. The number of hydrogen-bond donors (Lipinski definition) is 2. The molecule has 1 fully saturated rings. The van der Waals surface area contributed by atoms with Crippen LogP contribution in [-0.2, 0) is 6.54 Å². The molecule has 19 heavy (non-hydrogen) atoms. The second-order valence-corrected chi connectivity index (χ2v) is 4.94. The maximum absolute atomic E-state index is 11.9. The van der Waals surface area contributed by atoms with Gasteiger partial charge in [0.15, 0.2) is 0 Å². The van der Waals surface area contributed by atoms with Crippen LogP contribution in [0.4, 0.5) is 0 Å². The van der Waals surface area contributed by atoms with Crippen molar-refractivity contribution in [3.63, 3.8) is 0 Å². The fourth-order valence-electron chi connectivity index (χ4n) is 2.52.